The number of nitrogens with two attached hydrogens (primary N) is 1. The molecule has 3 N–H and O–H groups in total. The minimum atomic E-state index is -0.200. The lowest BCUT2D eigenvalue weighted by molar-refractivity contribution is 0.0950. The van der Waals surface area contributed by atoms with Crippen LogP contribution in [0.25, 0.3) is 0 Å². The average molecular weight is 441 g/mol. The van der Waals surface area contributed by atoms with Crippen molar-refractivity contribution in [2.75, 3.05) is 0 Å². The zero-order valence-corrected chi connectivity index (χ0v) is 18.0. The Kier molecular flexibility index (Phi) is 6.96. The van der Waals surface area contributed by atoms with Gasteiger partial charge in [0.25, 0.3) is 11.5 Å². The van der Waals surface area contributed by atoms with Gasteiger partial charge < -0.3 is 15.6 Å². The molecule has 0 atom stereocenters. The van der Waals surface area contributed by atoms with Crippen molar-refractivity contribution < 1.29 is 4.79 Å². The topological polar surface area (TPSA) is 116 Å². The molecule has 0 unspecified atom stereocenters. The molecule has 8 heteroatoms. The van der Waals surface area contributed by atoms with E-state index < -0.39 is 0 Å². The van der Waals surface area contributed by atoms with E-state index in [9.17, 15) is 9.59 Å². The van der Waals surface area contributed by atoms with Crippen molar-refractivity contribution in [3.8, 4) is 0 Å². The molecule has 33 heavy (non-hydrogen) atoms. The van der Waals surface area contributed by atoms with Crippen LogP contribution in [0.1, 0.15) is 38.4 Å². The molecule has 166 valence electrons. The molecule has 0 fully saturated rings. The van der Waals surface area contributed by atoms with Crippen LogP contribution < -0.4 is 16.6 Å². The molecule has 0 aromatic carbocycles. The number of carbonyl (C=O) groups is 1. The molecule has 0 saturated carbocycles. The number of nitrogens with one attached hydrogen (secondary N) is 1. The zero-order valence-electron chi connectivity index (χ0n) is 18.0. The van der Waals surface area contributed by atoms with Gasteiger partial charge >= 0.3 is 0 Å². The van der Waals surface area contributed by atoms with E-state index >= 15 is 0 Å². The normalized spacial score (nSPS) is 10.7. The molecular formula is C25H24N6O2. The van der Waals surface area contributed by atoms with Crippen LogP contribution in [0.5, 0.6) is 0 Å². The quantitative estimate of drug-likeness (QED) is 0.433. The van der Waals surface area contributed by atoms with Crippen molar-refractivity contribution in [1.82, 2.24) is 24.8 Å². The number of nitrogens with zero attached hydrogens (tertiary/aromatic N) is 4. The molecule has 0 saturated heterocycles. The number of amides is 1. The van der Waals surface area contributed by atoms with Gasteiger partial charge in [-0.05, 0) is 41.0 Å². The van der Waals surface area contributed by atoms with Crippen molar-refractivity contribution in [3.63, 3.8) is 0 Å². The average Bonchev–Trinajstić information content (AvgIpc) is 2.85. The molecule has 4 aromatic heterocycles. The van der Waals surface area contributed by atoms with Crippen molar-refractivity contribution >= 4 is 5.91 Å². The maximum Gasteiger partial charge on any atom is 0.253 e. The van der Waals surface area contributed by atoms with Gasteiger partial charge in [-0.2, -0.15) is 0 Å². The fraction of sp³-hybridized carbons (Fsp3) is 0.160. The Morgan fingerprint density at radius 3 is 2.42 bits per heavy atom. The number of pyridine rings is 4. The Morgan fingerprint density at radius 2 is 1.70 bits per heavy atom. The molecule has 4 heterocycles. The van der Waals surface area contributed by atoms with E-state index in [0.29, 0.717) is 31.6 Å². The summed E-state index contributed by atoms with van der Waals surface area (Å²) in [4.78, 5) is 37.3. The van der Waals surface area contributed by atoms with Crippen LogP contribution in [0, 0.1) is 0 Å². The van der Waals surface area contributed by atoms with Crippen LogP contribution in [-0.2, 0) is 26.1 Å². The second-order valence-corrected chi connectivity index (χ2v) is 7.63. The predicted octanol–water partition coefficient (Wildman–Crippen LogP) is 2.06. The summed E-state index contributed by atoms with van der Waals surface area (Å²) in [6.07, 6.45) is 9.12. The van der Waals surface area contributed by atoms with Gasteiger partial charge in [0.2, 0.25) is 0 Å². The van der Waals surface area contributed by atoms with Gasteiger partial charge in [0.1, 0.15) is 0 Å². The van der Waals surface area contributed by atoms with Gasteiger partial charge in [-0.1, -0.05) is 18.2 Å². The van der Waals surface area contributed by atoms with Crippen molar-refractivity contribution in [2.45, 2.75) is 26.1 Å². The largest absolute Gasteiger partial charge is 0.348 e. The monoisotopic (exact) mass is 440 g/mol. The van der Waals surface area contributed by atoms with Crippen LogP contribution in [0.4, 0.5) is 0 Å². The van der Waals surface area contributed by atoms with E-state index in [1.54, 1.807) is 41.6 Å². The van der Waals surface area contributed by atoms with Crippen molar-refractivity contribution in [1.29, 1.82) is 0 Å². The Hall–Kier alpha value is -4.17. The Balaban J connectivity index is 1.36. The summed E-state index contributed by atoms with van der Waals surface area (Å²) in [5, 5.41) is 2.89. The summed E-state index contributed by atoms with van der Waals surface area (Å²) < 4.78 is 1.61. The molecular weight excluding hydrogens is 416 g/mol. The van der Waals surface area contributed by atoms with Gasteiger partial charge in [0, 0.05) is 56.6 Å². The molecule has 0 spiro atoms. The van der Waals surface area contributed by atoms with Crippen LogP contribution in [0.2, 0.25) is 0 Å². The van der Waals surface area contributed by atoms with Gasteiger partial charge in [-0.25, -0.2) is 0 Å². The molecule has 0 aliphatic carbocycles. The zero-order chi connectivity index (χ0) is 23.0. The second kappa shape index (κ2) is 10.4. The highest BCUT2D eigenvalue weighted by Crippen LogP contribution is 2.11. The molecule has 8 nitrogen and oxygen atoms in total. The Bertz CT molecular complexity index is 1280. The van der Waals surface area contributed by atoms with Crippen molar-refractivity contribution in [2.24, 2.45) is 5.73 Å². The first-order valence-corrected chi connectivity index (χ1v) is 10.6. The summed E-state index contributed by atoms with van der Waals surface area (Å²) in [7, 11) is 0. The third-order valence-corrected chi connectivity index (χ3v) is 5.13. The van der Waals surface area contributed by atoms with Gasteiger partial charge in [-0.3, -0.25) is 24.5 Å². The van der Waals surface area contributed by atoms with Crippen LogP contribution in [-0.4, -0.2) is 25.4 Å². The molecule has 0 aliphatic rings. The number of rotatable bonds is 8. The van der Waals surface area contributed by atoms with Gasteiger partial charge in [0.15, 0.2) is 0 Å². The number of carbonyl (C=O) groups excluding carboxylic acids is 1. The van der Waals surface area contributed by atoms with Crippen LogP contribution in [0.3, 0.4) is 0 Å². The highest BCUT2D eigenvalue weighted by atomic mass is 16.1. The van der Waals surface area contributed by atoms with E-state index in [-0.39, 0.29) is 11.5 Å². The van der Waals surface area contributed by atoms with E-state index in [0.717, 1.165) is 28.1 Å². The number of hydrogen-bond acceptors (Lipinski definition) is 6. The van der Waals surface area contributed by atoms with E-state index in [1.165, 1.54) is 6.07 Å². The fourth-order valence-electron chi connectivity index (χ4n) is 3.33. The SMILES string of the molecule is NCc1ccc(CNC(=O)c2cncc(Cc3ccc(Cn4ccccc4=O)nc3)c2)cn1. The summed E-state index contributed by atoms with van der Waals surface area (Å²) in [5.74, 6) is -0.200. The lowest BCUT2D eigenvalue weighted by atomic mass is 10.1. The minimum Gasteiger partial charge on any atom is -0.348 e. The third kappa shape index (κ3) is 5.96. The highest BCUT2D eigenvalue weighted by Gasteiger charge is 2.08. The first-order valence-electron chi connectivity index (χ1n) is 10.6. The summed E-state index contributed by atoms with van der Waals surface area (Å²) >= 11 is 0. The summed E-state index contributed by atoms with van der Waals surface area (Å²) in [5.41, 5.74) is 10.4. The van der Waals surface area contributed by atoms with Crippen LogP contribution in [0.15, 0.2) is 84.3 Å². The minimum absolute atomic E-state index is 0.0617. The Morgan fingerprint density at radius 1 is 0.909 bits per heavy atom. The molecule has 4 aromatic rings. The molecule has 0 aliphatic heterocycles. The maximum absolute atomic E-state index is 12.6. The molecule has 0 radical (unpaired) electrons. The number of hydrogen-bond donors (Lipinski definition) is 2. The predicted molar refractivity (Wildman–Crippen MR) is 124 cm³/mol. The molecule has 4 rings (SSSR count). The van der Waals surface area contributed by atoms with Crippen LogP contribution >= 0.6 is 0 Å². The number of aromatic nitrogens is 4. The van der Waals surface area contributed by atoms with E-state index in [4.69, 9.17) is 5.73 Å². The maximum atomic E-state index is 12.6. The smallest absolute Gasteiger partial charge is 0.253 e. The first kappa shape index (κ1) is 22.0. The Labute approximate surface area is 191 Å². The lowest BCUT2D eigenvalue weighted by Crippen LogP contribution is -2.23. The fourth-order valence-corrected chi connectivity index (χ4v) is 3.33. The summed E-state index contributed by atoms with van der Waals surface area (Å²) in [6.45, 7) is 1.18. The van der Waals surface area contributed by atoms with Crippen molar-refractivity contribution in [3.05, 3.63) is 124 Å². The van der Waals surface area contributed by atoms with Gasteiger partial charge in [-0.15, -0.1) is 0 Å². The lowest BCUT2D eigenvalue weighted by Gasteiger charge is -2.08. The first-order chi connectivity index (χ1) is 16.1. The standard InChI is InChI=1S/C25H24N6O2/c26-11-22-6-5-19(14-28-22)15-30-25(33)21-10-20(12-27-16-21)9-18-4-7-23(29-13-18)17-31-8-2-1-3-24(31)32/h1-8,10,12-14,16H,9,11,15,17,26H2,(H,30,33). The molecule has 1 amide bonds. The third-order valence-electron chi connectivity index (χ3n) is 5.13. The second-order valence-electron chi connectivity index (χ2n) is 7.63. The molecule has 0 bridgehead atoms. The van der Waals surface area contributed by atoms with E-state index in [2.05, 4.69) is 20.3 Å². The highest BCUT2D eigenvalue weighted by molar-refractivity contribution is 5.94. The van der Waals surface area contributed by atoms with E-state index in [1.807, 2.05) is 36.4 Å². The van der Waals surface area contributed by atoms with Gasteiger partial charge in [0.05, 0.1) is 23.5 Å². The summed E-state index contributed by atoms with van der Waals surface area (Å²) in [6, 6.07) is 14.5.